The van der Waals surface area contributed by atoms with Crippen molar-refractivity contribution in [3.63, 3.8) is 0 Å². The Kier molecular flexibility index (Phi) is 5.51. The van der Waals surface area contributed by atoms with Gasteiger partial charge in [-0.3, -0.25) is 0 Å². The number of carbonyl (C=O) groups excluding carboxylic acids is 1. The van der Waals surface area contributed by atoms with Crippen LogP contribution in [0.4, 0.5) is 5.95 Å². The lowest BCUT2D eigenvalue weighted by molar-refractivity contribution is 0.0371. The third kappa shape index (κ3) is 5.09. The first kappa shape index (κ1) is 14.4. The van der Waals surface area contributed by atoms with Gasteiger partial charge in [-0.05, 0) is 34.0 Å². The van der Waals surface area contributed by atoms with Gasteiger partial charge in [0.05, 0.1) is 6.10 Å². The van der Waals surface area contributed by atoms with Gasteiger partial charge in [0.2, 0.25) is 5.95 Å². The van der Waals surface area contributed by atoms with Gasteiger partial charge in [0.15, 0.2) is 5.69 Å². The molecule has 0 saturated heterocycles. The lowest BCUT2D eigenvalue weighted by Crippen LogP contribution is -2.22. The molecule has 6 nitrogen and oxygen atoms in total. The molecule has 18 heavy (non-hydrogen) atoms. The van der Waals surface area contributed by atoms with Crippen molar-refractivity contribution in [2.75, 3.05) is 32.5 Å². The van der Waals surface area contributed by atoms with Crippen LogP contribution in [0, 0.1) is 0 Å². The zero-order valence-corrected chi connectivity index (χ0v) is 11.3. The minimum Gasteiger partial charge on any atom is -0.458 e. The normalized spacial score (nSPS) is 10.8. The highest BCUT2D eigenvalue weighted by Crippen LogP contribution is 2.03. The lowest BCUT2D eigenvalue weighted by atomic mass is 10.4. The fourth-order valence-corrected chi connectivity index (χ4v) is 1.22. The smallest absolute Gasteiger partial charge is 0.357 e. The highest BCUT2D eigenvalue weighted by molar-refractivity contribution is 5.87. The number of anilines is 1. The molecular weight excluding hydrogens is 232 g/mol. The van der Waals surface area contributed by atoms with Gasteiger partial charge in [0.25, 0.3) is 0 Å². The Bertz CT molecular complexity index is 393. The Labute approximate surface area is 107 Å². The van der Waals surface area contributed by atoms with Crippen LogP contribution in [0.15, 0.2) is 12.3 Å². The molecule has 0 atom stereocenters. The van der Waals surface area contributed by atoms with Gasteiger partial charge in [-0.1, -0.05) is 0 Å². The minimum absolute atomic E-state index is 0.155. The fourth-order valence-electron chi connectivity index (χ4n) is 1.22. The van der Waals surface area contributed by atoms with E-state index >= 15 is 0 Å². The van der Waals surface area contributed by atoms with Crippen LogP contribution in [0.25, 0.3) is 0 Å². The molecule has 0 aromatic carbocycles. The van der Waals surface area contributed by atoms with E-state index in [1.807, 2.05) is 19.0 Å². The maximum atomic E-state index is 11.6. The summed E-state index contributed by atoms with van der Waals surface area (Å²) in [5.41, 5.74) is 0.269. The van der Waals surface area contributed by atoms with Gasteiger partial charge in [-0.15, -0.1) is 0 Å². The Morgan fingerprint density at radius 3 is 2.83 bits per heavy atom. The predicted octanol–water partition coefficient (Wildman–Crippen LogP) is 1.02. The molecule has 0 aliphatic carbocycles. The number of hydrogen-bond donors (Lipinski definition) is 1. The summed E-state index contributed by atoms with van der Waals surface area (Å²) in [7, 11) is 3.97. The van der Waals surface area contributed by atoms with E-state index in [9.17, 15) is 4.79 Å². The van der Waals surface area contributed by atoms with Crippen molar-refractivity contribution in [1.29, 1.82) is 0 Å². The fraction of sp³-hybridized carbons (Fsp3) is 0.583. The molecule has 0 fully saturated rings. The largest absolute Gasteiger partial charge is 0.458 e. The second-order valence-corrected chi connectivity index (χ2v) is 4.45. The molecule has 1 N–H and O–H groups in total. The van der Waals surface area contributed by atoms with Crippen LogP contribution < -0.4 is 5.32 Å². The number of hydrogen-bond acceptors (Lipinski definition) is 6. The predicted molar refractivity (Wildman–Crippen MR) is 69.6 cm³/mol. The van der Waals surface area contributed by atoms with Crippen molar-refractivity contribution < 1.29 is 9.53 Å². The number of rotatable bonds is 6. The van der Waals surface area contributed by atoms with Gasteiger partial charge in [0, 0.05) is 19.3 Å². The summed E-state index contributed by atoms with van der Waals surface area (Å²) in [5, 5.41) is 3.05. The third-order valence-corrected chi connectivity index (χ3v) is 2.05. The topological polar surface area (TPSA) is 67.3 Å². The van der Waals surface area contributed by atoms with E-state index in [1.54, 1.807) is 26.1 Å². The maximum Gasteiger partial charge on any atom is 0.357 e. The number of carbonyl (C=O) groups is 1. The van der Waals surface area contributed by atoms with Crippen molar-refractivity contribution in [3.8, 4) is 0 Å². The summed E-state index contributed by atoms with van der Waals surface area (Å²) in [5.74, 6) is 0.0121. The molecule has 0 unspecified atom stereocenters. The maximum absolute atomic E-state index is 11.6. The third-order valence-electron chi connectivity index (χ3n) is 2.05. The molecule has 0 amide bonds. The van der Waals surface area contributed by atoms with E-state index in [0.29, 0.717) is 5.95 Å². The van der Waals surface area contributed by atoms with Crippen molar-refractivity contribution in [2.45, 2.75) is 20.0 Å². The summed E-state index contributed by atoms with van der Waals surface area (Å²) in [6.45, 7) is 5.18. The number of likely N-dealkylation sites (N-methyl/N-ethyl adjacent to an activating group) is 1. The summed E-state index contributed by atoms with van der Waals surface area (Å²) < 4.78 is 5.07. The molecule has 0 spiro atoms. The van der Waals surface area contributed by atoms with Gasteiger partial charge in [-0.2, -0.15) is 0 Å². The minimum atomic E-state index is -0.428. The Hall–Kier alpha value is -1.69. The molecule has 0 aliphatic heterocycles. The van der Waals surface area contributed by atoms with Crippen molar-refractivity contribution in [3.05, 3.63) is 18.0 Å². The van der Waals surface area contributed by atoms with Crippen molar-refractivity contribution >= 4 is 11.9 Å². The van der Waals surface area contributed by atoms with Crippen LogP contribution in [0.5, 0.6) is 0 Å². The summed E-state index contributed by atoms with van der Waals surface area (Å²) in [4.78, 5) is 21.8. The first-order valence-electron chi connectivity index (χ1n) is 5.91. The van der Waals surface area contributed by atoms with Crippen LogP contribution >= 0.6 is 0 Å². The number of ether oxygens (including phenoxy) is 1. The Morgan fingerprint density at radius 2 is 2.22 bits per heavy atom. The molecule has 1 rings (SSSR count). The molecule has 1 aromatic rings. The highest BCUT2D eigenvalue weighted by Gasteiger charge is 2.11. The van der Waals surface area contributed by atoms with Crippen molar-refractivity contribution in [2.24, 2.45) is 0 Å². The van der Waals surface area contributed by atoms with E-state index in [2.05, 4.69) is 15.3 Å². The first-order valence-corrected chi connectivity index (χ1v) is 5.91. The SMILES string of the molecule is CC(C)OC(=O)c1ccnc(NCCN(C)C)n1. The number of esters is 1. The Balaban J connectivity index is 2.59. The highest BCUT2D eigenvalue weighted by atomic mass is 16.5. The van der Waals surface area contributed by atoms with Gasteiger partial charge in [0.1, 0.15) is 0 Å². The lowest BCUT2D eigenvalue weighted by Gasteiger charge is -2.11. The van der Waals surface area contributed by atoms with Crippen LogP contribution in [-0.2, 0) is 4.74 Å². The quantitative estimate of drug-likeness (QED) is 0.762. The van der Waals surface area contributed by atoms with E-state index in [0.717, 1.165) is 13.1 Å². The summed E-state index contributed by atoms with van der Waals surface area (Å²) >= 11 is 0. The summed E-state index contributed by atoms with van der Waals surface area (Å²) in [6, 6.07) is 1.54. The van der Waals surface area contributed by atoms with Gasteiger partial charge in [-0.25, -0.2) is 14.8 Å². The zero-order chi connectivity index (χ0) is 13.5. The summed E-state index contributed by atoms with van der Waals surface area (Å²) in [6.07, 6.45) is 1.39. The molecule has 0 bridgehead atoms. The average molecular weight is 252 g/mol. The molecule has 0 aliphatic rings. The van der Waals surface area contributed by atoms with Crippen LogP contribution in [-0.4, -0.2) is 54.1 Å². The molecule has 1 aromatic heterocycles. The monoisotopic (exact) mass is 252 g/mol. The molecular formula is C12H20N4O2. The molecule has 6 heteroatoms. The van der Waals surface area contributed by atoms with Crippen molar-refractivity contribution in [1.82, 2.24) is 14.9 Å². The van der Waals surface area contributed by atoms with Crippen LogP contribution in [0.2, 0.25) is 0 Å². The Morgan fingerprint density at radius 1 is 1.50 bits per heavy atom. The standard InChI is InChI=1S/C12H20N4O2/c1-9(2)18-11(17)10-5-6-13-12(15-10)14-7-8-16(3)4/h5-6,9H,7-8H2,1-4H3,(H,13,14,15). The van der Waals surface area contributed by atoms with E-state index in [1.165, 1.54) is 0 Å². The number of aromatic nitrogens is 2. The van der Waals surface area contributed by atoms with Gasteiger partial charge >= 0.3 is 5.97 Å². The first-order chi connectivity index (χ1) is 8.49. The van der Waals surface area contributed by atoms with Crippen LogP contribution in [0.3, 0.4) is 0 Å². The van der Waals surface area contributed by atoms with Gasteiger partial charge < -0.3 is 15.0 Å². The molecule has 100 valence electrons. The average Bonchev–Trinajstić information content (AvgIpc) is 2.28. The number of nitrogens with zero attached hydrogens (tertiary/aromatic N) is 3. The van der Waals surface area contributed by atoms with E-state index in [-0.39, 0.29) is 11.8 Å². The second-order valence-electron chi connectivity index (χ2n) is 4.45. The zero-order valence-electron chi connectivity index (χ0n) is 11.3. The number of nitrogens with one attached hydrogen (secondary N) is 1. The molecule has 1 heterocycles. The van der Waals surface area contributed by atoms with E-state index in [4.69, 9.17) is 4.74 Å². The van der Waals surface area contributed by atoms with E-state index < -0.39 is 5.97 Å². The van der Waals surface area contributed by atoms with Crippen LogP contribution in [0.1, 0.15) is 24.3 Å². The molecule has 0 saturated carbocycles. The molecule has 0 radical (unpaired) electrons. The second kappa shape index (κ2) is 6.90.